The fourth-order valence-corrected chi connectivity index (χ4v) is 4.71. The molecule has 0 radical (unpaired) electrons. The molecule has 0 aliphatic heterocycles. The van der Waals surface area contributed by atoms with E-state index in [4.69, 9.17) is 9.47 Å². The van der Waals surface area contributed by atoms with Gasteiger partial charge in [0.25, 0.3) is 0 Å². The lowest BCUT2D eigenvalue weighted by molar-refractivity contribution is 0.109. The fourth-order valence-electron chi connectivity index (χ4n) is 4.71. The molecule has 0 amide bonds. The SMILES string of the molecule is CCCCCCCCCOc1ccc(C(N[O-])C(NO)c2ccc(OCCCCCCCCC)cc2)cc1. The van der Waals surface area contributed by atoms with E-state index in [9.17, 15) is 10.4 Å². The van der Waals surface area contributed by atoms with E-state index < -0.39 is 12.1 Å². The summed E-state index contributed by atoms with van der Waals surface area (Å²) in [6.45, 7) is 5.87. The largest absolute Gasteiger partial charge is 0.787 e. The number of benzene rings is 2. The molecule has 38 heavy (non-hydrogen) atoms. The summed E-state index contributed by atoms with van der Waals surface area (Å²) in [7, 11) is 0. The highest BCUT2D eigenvalue weighted by atomic mass is 16.5. The van der Waals surface area contributed by atoms with Gasteiger partial charge in [0.2, 0.25) is 0 Å². The zero-order valence-corrected chi connectivity index (χ0v) is 23.8. The van der Waals surface area contributed by atoms with Crippen LogP contribution in [0.5, 0.6) is 11.5 Å². The summed E-state index contributed by atoms with van der Waals surface area (Å²) < 4.78 is 11.8. The minimum atomic E-state index is -0.656. The van der Waals surface area contributed by atoms with Crippen molar-refractivity contribution in [3.05, 3.63) is 64.9 Å². The van der Waals surface area contributed by atoms with Crippen LogP contribution in [0.3, 0.4) is 0 Å². The van der Waals surface area contributed by atoms with Crippen LogP contribution in [-0.2, 0) is 0 Å². The summed E-state index contributed by atoms with van der Waals surface area (Å²) in [5.74, 6) is 1.59. The maximum absolute atomic E-state index is 11.9. The molecule has 0 bridgehead atoms. The fraction of sp³-hybridized carbons (Fsp3) is 0.625. The first-order valence-corrected chi connectivity index (χ1v) is 15.0. The summed E-state index contributed by atoms with van der Waals surface area (Å²) in [4.78, 5) is 0. The zero-order valence-electron chi connectivity index (χ0n) is 23.8. The van der Waals surface area contributed by atoms with E-state index in [1.54, 1.807) is 0 Å². The minimum Gasteiger partial charge on any atom is -0.787 e. The van der Waals surface area contributed by atoms with E-state index in [0.717, 1.165) is 35.5 Å². The average Bonchev–Trinajstić information content (AvgIpc) is 2.95. The van der Waals surface area contributed by atoms with Crippen molar-refractivity contribution in [2.75, 3.05) is 13.2 Å². The monoisotopic (exact) mass is 527 g/mol. The van der Waals surface area contributed by atoms with Crippen molar-refractivity contribution in [1.82, 2.24) is 11.0 Å². The van der Waals surface area contributed by atoms with E-state index in [1.165, 1.54) is 77.0 Å². The van der Waals surface area contributed by atoms with Crippen LogP contribution in [0.15, 0.2) is 48.5 Å². The molecule has 6 nitrogen and oxygen atoms in total. The quantitative estimate of drug-likeness (QED) is 0.0989. The van der Waals surface area contributed by atoms with Crippen LogP contribution >= 0.6 is 0 Å². The molecule has 3 N–H and O–H groups in total. The molecular weight excluding hydrogens is 476 g/mol. The number of hydrogen-bond donors (Lipinski definition) is 3. The van der Waals surface area contributed by atoms with Crippen LogP contribution in [0, 0.1) is 5.21 Å². The molecule has 0 saturated carbocycles. The topological polar surface area (TPSA) is 85.8 Å². The van der Waals surface area contributed by atoms with Gasteiger partial charge in [0.05, 0.1) is 19.3 Å². The van der Waals surface area contributed by atoms with Gasteiger partial charge < -0.3 is 25.4 Å². The van der Waals surface area contributed by atoms with Crippen molar-refractivity contribution < 1.29 is 14.7 Å². The van der Waals surface area contributed by atoms with Gasteiger partial charge in [-0.3, -0.25) is 0 Å². The zero-order chi connectivity index (χ0) is 27.3. The lowest BCUT2D eigenvalue weighted by Gasteiger charge is -2.30. The lowest BCUT2D eigenvalue weighted by Crippen LogP contribution is -2.31. The molecule has 214 valence electrons. The molecule has 0 heterocycles. The molecule has 0 aromatic heterocycles. The van der Waals surface area contributed by atoms with Crippen LogP contribution in [0.2, 0.25) is 0 Å². The normalized spacial score (nSPS) is 12.8. The van der Waals surface area contributed by atoms with Crippen molar-refractivity contribution in [2.24, 2.45) is 0 Å². The molecule has 0 aliphatic carbocycles. The van der Waals surface area contributed by atoms with Crippen molar-refractivity contribution in [1.29, 1.82) is 0 Å². The van der Waals surface area contributed by atoms with Crippen molar-refractivity contribution in [3.8, 4) is 11.5 Å². The van der Waals surface area contributed by atoms with E-state index in [-0.39, 0.29) is 0 Å². The van der Waals surface area contributed by atoms with Crippen molar-refractivity contribution in [2.45, 2.75) is 116 Å². The molecule has 0 saturated heterocycles. The predicted molar refractivity (Wildman–Crippen MR) is 157 cm³/mol. The Labute approximate surface area is 231 Å². The molecule has 2 aromatic rings. The van der Waals surface area contributed by atoms with E-state index in [1.807, 2.05) is 48.5 Å². The molecule has 6 heteroatoms. The third kappa shape index (κ3) is 12.6. The number of hydroxylamine groups is 2. The maximum atomic E-state index is 11.9. The van der Waals surface area contributed by atoms with Crippen LogP contribution in [0.4, 0.5) is 0 Å². The Kier molecular flexibility index (Phi) is 17.6. The second kappa shape index (κ2) is 20.8. The van der Waals surface area contributed by atoms with Gasteiger partial charge in [-0.25, -0.2) is 0 Å². The molecule has 2 aromatic carbocycles. The Bertz CT molecular complexity index is 744. The molecule has 0 spiro atoms. The number of nitrogens with one attached hydrogen (secondary N) is 2. The molecule has 0 aliphatic rings. The summed E-state index contributed by atoms with van der Waals surface area (Å²) in [6, 6.07) is 13.8. The highest BCUT2D eigenvalue weighted by molar-refractivity contribution is 5.34. The van der Waals surface area contributed by atoms with Crippen molar-refractivity contribution in [3.63, 3.8) is 0 Å². The van der Waals surface area contributed by atoms with Gasteiger partial charge in [-0.05, 0) is 48.2 Å². The van der Waals surface area contributed by atoms with Gasteiger partial charge in [0, 0.05) is 6.04 Å². The maximum Gasteiger partial charge on any atom is 0.119 e. The number of ether oxygens (including phenoxy) is 2. The van der Waals surface area contributed by atoms with Gasteiger partial charge in [-0.1, -0.05) is 115 Å². The summed E-state index contributed by atoms with van der Waals surface area (Å²) in [5, 5.41) is 21.8. The van der Waals surface area contributed by atoms with Gasteiger partial charge >= 0.3 is 0 Å². The molecule has 2 atom stereocenters. The number of rotatable bonds is 23. The predicted octanol–water partition coefficient (Wildman–Crippen LogP) is 8.79. The number of unbranched alkanes of at least 4 members (excludes halogenated alkanes) is 12. The van der Waals surface area contributed by atoms with Gasteiger partial charge in [0.15, 0.2) is 0 Å². The van der Waals surface area contributed by atoms with Crippen LogP contribution in [0.1, 0.15) is 127 Å². The minimum absolute atomic E-state index is 0.607. The molecule has 2 unspecified atom stereocenters. The average molecular weight is 528 g/mol. The van der Waals surface area contributed by atoms with E-state index in [0.29, 0.717) is 13.2 Å². The molecule has 0 fully saturated rings. The second-order valence-corrected chi connectivity index (χ2v) is 10.3. The Morgan fingerprint density at radius 2 is 0.947 bits per heavy atom. The Morgan fingerprint density at radius 1 is 0.579 bits per heavy atom. The van der Waals surface area contributed by atoms with Gasteiger partial charge in [0.1, 0.15) is 11.5 Å². The second-order valence-electron chi connectivity index (χ2n) is 10.3. The smallest absolute Gasteiger partial charge is 0.119 e. The summed E-state index contributed by atoms with van der Waals surface area (Å²) in [5.41, 5.74) is 5.99. The van der Waals surface area contributed by atoms with Crippen LogP contribution < -0.4 is 20.4 Å². The highest BCUT2D eigenvalue weighted by Crippen LogP contribution is 2.30. The standard InChI is InChI=1S/C32H51N2O4/c1-3-5-7-9-11-13-15-25-37-29-21-17-27(18-22-29)31(33-35)32(34-36)28-19-23-30(24-20-28)38-26-16-14-12-10-8-6-4-2/h17-24,31-35H,3-16,25-26H2,1-2H3/q-1. The first kappa shape index (κ1) is 32.1. The molecular formula is C32H51N2O4-. The third-order valence-electron chi connectivity index (χ3n) is 7.11. The van der Waals surface area contributed by atoms with Crippen molar-refractivity contribution >= 4 is 0 Å². The van der Waals surface area contributed by atoms with E-state index >= 15 is 0 Å². The van der Waals surface area contributed by atoms with Crippen LogP contribution in [-0.4, -0.2) is 18.4 Å². The summed E-state index contributed by atoms with van der Waals surface area (Å²) in [6.07, 6.45) is 17.5. The molecule has 2 rings (SSSR count). The number of hydrogen-bond acceptors (Lipinski definition) is 6. The van der Waals surface area contributed by atoms with E-state index in [2.05, 4.69) is 24.8 Å². The van der Waals surface area contributed by atoms with Gasteiger partial charge in [-0.2, -0.15) is 5.48 Å². The lowest BCUT2D eigenvalue weighted by atomic mass is 9.94. The Hall–Kier alpha value is -2.12. The Morgan fingerprint density at radius 3 is 1.32 bits per heavy atom. The highest BCUT2D eigenvalue weighted by Gasteiger charge is 2.22. The van der Waals surface area contributed by atoms with Gasteiger partial charge in [-0.15, -0.1) is 0 Å². The van der Waals surface area contributed by atoms with Crippen LogP contribution in [0.25, 0.3) is 0 Å². The Balaban J connectivity index is 1.78. The first-order valence-electron chi connectivity index (χ1n) is 15.0. The summed E-state index contributed by atoms with van der Waals surface area (Å²) >= 11 is 0. The first-order chi connectivity index (χ1) is 18.7. The third-order valence-corrected chi connectivity index (χ3v) is 7.11.